The standard InChI is InChI=1S/C20H35N9O6S/c1-36-6-4-12(21)16(31)29-15(9-30)18(33)28-14(7-11-8-24-10-26-11)17(32)27-13(19(34)35)3-2-5-25-20(22)23/h8,10,12-15,30H,2-7,9,21H2,1H3,(H,24,26)(H,27,32)(H,28,33)(H,29,31)(H,34,35)(H4,22,23,25). The molecule has 0 saturated heterocycles. The predicted molar refractivity (Wildman–Crippen MR) is 134 cm³/mol. The van der Waals surface area contributed by atoms with Gasteiger partial charge < -0.3 is 48.3 Å². The molecule has 4 atom stereocenters. The highest BCUT2D eigenvalue weighted by Crippen LogP contribution is 2.04. The second-order valence-corrected chi connectivity index (χ2v) is 8.81. The fraction of sp³-hybridized carbons (Fsp3) is 0.600. The molecule has 0 aromatic carbocycles. The first-order chi connectivity index (χ1) is 17.1. The number of aliphatic hydroxyl groups is 1. The molecule has 36 heavy (non-hydrogen) atoms. The molecule has 1 rings (SSSR count). The Kier molecular flexibility index (Phi) is 13.9. The third-order valence-corrected chi connectivity index (χ3v) is 5.60. The van der Waals surface area contributed by atoms with Gasteiger partial charge in [-0.3, -0.25) is 19.4 Å². The van der Waals surface area contributed by atoms with Gasteiger partial charge >= 0.3 is 5.97 Å². The lowest BCUT2D eigenvalue weighted by atomic mass is 10.1. The van der Waals surface area contributed by atoms with Crippen LogP contribution in [-0.2, 0) is 25.6 Å². The van der Waals surface area contributed by atoms with Crippen LogP contribution in [0.3, 0.4) is 0 Å². The summed E-state index contributed by atoms with van der Waals surface area (Å²) in [5.74, 6) is -3.04. The number of hydrogen-bond donors (Lipinski definition) is 9. The highest BCUT2D eigenvalue weighted by Gasteiger charge is 2.30. The van der Waals surface area contributed by atoms with E-state index >= 15 is 0 Å². The van der Waals surface area contributed by atoms with E-state index in [1.165, 1.54) is 24.3 Å². The number of carboxylic acids is 1. The van der Waals surface area contributed by atoms with Gasteiger partial charge in [-0.25, -0.2) is 9.78 Å². The summed E-state index contributed by atoms with van der Waals surface area (Å²) in [6.45, 7) is -0.568. The minimum absolute atomic E-state index is 0.0336. The zero-order chi connectivity index (χ0) is 27.1. The molecule has 0 spiro atoms. The summed E-state index contributed by atoms with van der Waals surface area (Å²) in [6.07, 6.45) is 5.30. The zero-order valence-corrected chi connectivity index (χ0v) is 20.8. The summed E-state index contributed by atoms with van der Waals surface area (Å²) >= 11 is 1.51. The number of aliphatic imine (C=N–C) groups is 1. The van der Waals surface area contributed by atoms with E-state index in [0.717, 1.165) is 0 Å². The fourth-order valence-corrected chi connectivity index (χ4v) is 3.47. The van der Waals surface area contributed by atoms with Gasteiger partial charge in [-0.15, -0.1) is 0 Å². The molecule has 1 aromatic heterocycles. The van der Waals surface area contributed by atoms with Gasteiger partial charge in [0.25, 0.3) is 0 Å². The Hall–Kier alpha value is -3.37. The molecular weight excluding hydrogens is 494 g/mol. The molecule has 0 bridgehead atoms. The number of aliphatic hydroxyl groups excluding tert-OH is 1. The highest BCUT2D eigenvalue weighted by molar-refractivity contribution is 7.98. The molecule has 202 valence electrons. The minimum Gasteiger partial charge on any atom is -0.480 e. The first-order valence-corrected chi connectivity index (χ1v) is 12.5. The van der Waals surface area contributed by atoms with Crippen LogP contribution in [0.25, 0.3) is 0 Å². The summed E-state index contributed by atoms with van der Waals surface area (Å²) in [6, 6.07) is -4.76. The van der Waals surface area contributed by atoms with Gasteiger partial charge in [-0.2, -0.15) is 11.8 Å². The predicted octanol–water partition coefficient (Wildman–Crippen LogP) is -3.38. The molecule has 1 aromatic rings. The number of nitrogens with two attached hydrogens (primary N) is 3. The number of thioether (sulfide) groups is 1. The number of nitrogens with zero attached hydrogens (tertiary/aromatic N) is 2. The molecule has 3 amide bonds. The number of aromatic nitrogens is 2. The number of hydrogen-bond acceptors (Lipinski definition) is 9. The summed E-state index contributed by atoms with van der Waals surface area (Å²) in [7, 11) is 0. The Balaban J connectivity index is 2.90. The number of rotatable bonds is 17. The van der Waals surface area contributed by atoms with Crippen molar-refractivity contribution in [2.24, 2.45) is 22.2 Å². The molecule has 16 heteroatoms. The van der Waals surface area contributed by atoms with Gasteiger partial charge in [0.15, 0.2) is 5.96 Å². The van der Waals surface area contributed by atoms with Crippen molar-refractivity contribution in [1.82, 2.24) is 25.9 Å². The Morgan fingerprint density at radius 1 is 1.08 bits per heavy atom. The van der Waals surface area contributed by atoms with Gasteiger partial charge in [-0.05, 0) is 31.3 Å². The first-order valence-electron chi connectivity index (χ1n) is 11.1. The molecule has 0 saturated carbocycles. The quantitative estimate of drug-likeness (QED) is 0.0545. The maximum Gasteiger partial charge on any atom is 0.326 e. The van der Waals surface area contributed by atoms with E-state index < -0.39 is 54.5 Å². The molecular formula is C20H35N9O6S. The largest absolute Gasteiger partial charge is 0.480 e. The fourth-order valence-electron chi connectivity index (χ4n) is 2.98. The van der Waals surface area contributed by atoms with E-state index in [0.29, 0.717) is 17.9 Å². The van der Waals surface area contributed by atoms with Crippen molar-refractivity contribution in [1.29, 1.82) is 0 Å². The molecule has 0 aliphatic heterocycles. The van der Waals surface area contributed by atoms with E-state index in [1.54, 1.807) is 0 Å². The van der Waals surface area contributed by atoms with Crippen molar-refractivity contribution < 1.29 is 29.4 Å². The zero-order valence-electron chi connectivity index (χ0n) is 20.0. The topological polar surface area (TPSA) is 264 Å². The molecule has 0 radical (unpaired) electrons. The Morgan fingerprint density at radius 2 is 1.72 bits per heavy atom. The van der Waals surface area contributed by atoms with Crippen LogP contribution in [0.15, 0.2) is 17.5 Å². The van der Waals surface area contributed by atoms with Gasteiger partial charge in [0.05, 0.1) is 19.0 Å². The molecule has 12 N–H and O–H groups in total. The molecule has 0 fully saturated rings. The molecule has 0 aliphatic rings. The summed E-state index contributed by atoms with van der Waals surface area (Å²) < 4.78 is 0. The van der Waals surface area contributed by atoms with Crippen molar-refractivity contribution in [2.75, 3.05) is 25.2 Å². The minimum atomic E-state index is -1.37. The number of aromatic amines is 1. The summed E-state index contributed by atoms with van der Waals surface area (Å²) in [5, 5.41) is 26.3. The maximum absolute atomic E-state index is 13.0. The van der Waals surface area contributed by atoms with Crippen LogP contribution in [-0.4, -0.2) is 99.2 Å². The van der Waals surface area contributed by atoms with Crippen molar-refractivity contribution >= 4 is 41.4 Å². The molecule has 0 aliphatic carbocycles. The van der Waals surface area contributed by atoms with E-state index in [4.69, 9.17) is 17.2 Å². The molecule has 4 unspecified atom stereocenters. The number of guanidine groups is 1. The second kappa shape index (κ2) is 16.3. The van der Waals surface area contributed by atoms with Crippen LogP contribution in [0.5, 0.6) is 0 Å². The van der Waals surface area contributed by atoms with Crippen molar-refractivity contribution in [2.45, 2.75) is 49.9 Å². The number of nitrogens with one attached hydrogen (secondary N) is 4. The normalized spacial score (nSPS) is 14.1. The number of carbonyl (C=O) groups excluding carboxylic acids is 3. The average molecular weight is 530 g/mol. The van der Waals surface area contributed by atoms with Crippen molar-refractivity contribution in [3.05, 3.63) is 18.2 Å². The average Bonchev–Trinajstić information content (AvgIpc) is 3.34. The van der Waals surface area contributed by atoms with E-state index in [2.05, 4.69) is 30.9 Å². The van der Waals surface area contributed by atoms with Crippen LogP contribution >= 0.6 is 11.8 Å². The number of H-pyrrole nitrogens is 1. The third kappa shape index (κ3) is 11.4. The van der Waals surface area contributed by atoms with Crippen molar-refractivity contribution in [3.8, 4) is 0 Å². The van der Waals surface area contributed by atoms with Crippen LogP contribution < -0.4 is 33.2 Å². The van der Waals surface area contributed by atoms with Crippen LogP contribution in [0.1, 0.15) is 25.0 Å². The van der Waals surface area contributed by atoms with E-state index in [1.807, 2.05) is 6.26 Å². The molecule has 1 heterocycles. The number of imidazole rings is 1. The van der Waals surface area contributed by atoms with Gasteiger partial charge in [0.2, 0.25) is 17.7 Å². The Labute approximate surface area is 212 Å². The van der Waals surface area contributed by atoms with E-state index in [9.17, 15) is 29.4 Å². The van der Waals surface area contributed by atoms with Crippen LogP contribution in [0.4, 0.5) is 0 Å². The smallest absolute Gasteiger partial charge is 0.326 e. The highest BCUT2D eigenvalue weighted by atomic mass is 32.2. The van der Waals surface area contributed by atoms with Crippen molar-refractivity contribution in [3.63, 3.8) is 0 Å². The number of aliphatic carboxylic acids is 1. The number of carbonyl (C=O) groups is 4. The lowest BCUT2D eigenvalue weighted by molar-refractivity contribution is -0.142. The van der Waals surface area contributed by atoms with Crippen LogP contribution in [0, 0.1) is 0 Å². The van der Waals surface area contributed by atoms with Gasteiger partial charge in [-0.1, -0.05) is 0 Å². The number of amides is 3. The lowest BCUT2D eigenvalue weighted by Gasteiger charge is -2.24. The first kappa shape index (κ1) is 30.7. The van der Waals surface area contributed by atoms with Gasteiger partial charge in [0.1, 0.15) is 18.1 Å². The Morgan fingerprint density at radius 3 is 2.28 bits per heavy atom. The molecule has 15 nitrogen and oxygen atoms in total. The monoisotopic (exact) mass is 529 g/mol. The van der Waals surface area contributed by atoms with Crippen LogP contribution in [0.2, 0.25) is 0 Å². The lowest BCUT2D eigenvalue weighted by Crippen LogP contribution is -2.58. The van der Waals surface area contributed by atoms with E-state index in [-0.39, 0.29) is 31.8 Å². The summed E-state index contributed by atoms with van der Waals surface area (Å²) in [4.78, 5) is 60.1. The maximum atomic E-state index is 13.0. The SMILES string of the molecule is CSCCC(N)C(=O)NC(CO)C(=O)NC(Cc1cnc[nH]1)C(=O)NC(CCCN=C(N)N)C(=O)O. The second-order valence-electron chi connectivity index (χ2n) is 7.82. The van der Waals surface area contributed by atoms with Gasteiger partial charge in [0, 0.05) is 24.9 Å². The Bertz CT molecular complexity index is 879. The third-order valence-electron chi connectivity index (χ3n) is 4.96. The number of carboxylic acid groups (broad SMARTS) is 1. The summed E-state index contributed by atoms with van der Waals surface area (Å²) in [5.41, 5.74) is 16.8.